The fourth-order valence-corrected chi connectivity index (χ4v) is 8.89. The van der Waals surface area contributed by atoms with Crippen LogP contribution in [0.2, 0.25) is 0 Å². The van der Waals surface area contributed by atoms with Gasteiger partial charge in [0.15, 0.2) is 0 Å². The van der Waals surface area contributed by atoms with E-state index in [1.165, 1.54) is 77.8 Å². The number of allylic oxidation sites excluding steroid dienone is 3. The molecule has 2 heterocycles. The number of nitrogens with zero attached hydrogens (tertiary/aromatic N) is 2. The molecule has 0 radical (unpaired) electrons. The molecule has 0 saturated carbocycles. The van der Waals surface area contributed by atoms with Gasteiger partial charge in [0.2, 0.25) is 0 Å². The SMILES string of the molecule is C1=C\CN(c2ccccc2)c2ccccc2C2(C\C=C/1)c1ccccc1-c1cccc(-c3ccc4c5ccccc5n(-c5ccccc5)c4c3)c12. The predicted molar refractivity (Wildman–Crippen MR) is 214 cm³/mol. The van der Waals surface area contributed by atoms with Crippen molar-refractivity contribution >= 4 is 33.2 Å². The van der Waals surface area contributed by atoms with Crippen LogP contribution >= 0.6 is 0 Å². The molecule has 1 aromatic heterocycles. The summed E-state index contributed by atoms with van der Waals surface area (Å²) >= 11 is 0. The van der Waals surface area contributed by atoms with Crippen LogP contribution in [0.15, 0.2) is 194 Å². The standard InChI is InChI=1S/C49H36N2/c1-2-16-33-50(36-18-5-3-6-19-36)46-29-14-12-27-44(46)49(32-15-1)43-26-11-9-22-39(43)42-25-17-24-38(48(42)49)35-30-31-41-40-23-10-13-28-45(40)51(47(41)34-35)37-20-7-4-8-21-37/h1-31,34H,32-33H2/b15-1-,16-2-. The van der Waals surface area contributed by atoms with E-state index in [9.17, 15) is 0 Å². The summed E-state index contributed by atoms with van der Waals surface area (Å²) in [5.41, 5.74) is 14.8. The average Bonchev–Trinajstić information content (AvgIpc) is 3.69. The molecular weight excluding hydrogens is 617 g/mol. The number of aromatic nitrogens is 1. The first-order valence-corrected chi connectivity index (χ1v) is 17.9. The van der Waals surface area contributed by atoms with Crippen molar-refractivity contribution in [3.63, 3.8) is 0 Å². The second kappa shape index (κ2) is 11.9. The highest BCUT2D eigenvalue weighted by atomic mass is 15.1. The van der Waals surface area contributed by atoms with Crippen molar-refractivity contribution in [3.8, 4) is 27.9 Å². The predicted octanol–water partition coefficient (Wildman–Crippen LogP) is 12.4. The summed E-state index contributed by atoms with van der Waals surface area (Å²) in [6.45, 7) is 0.776. The van der Waals surface area contributed by atoms with Gasteiger partial charge >= 0.3 is 0 Å². The first kappa shape index (κ1) is 29.5. The molecule has 1 spiro atoms. The van der Waals surface area contributed by atoms with Crippen LogP contribution in [0.5, 0.6) is 0 Å². The van der Waals surface area contributed by atoms with Crippen molar-refractivity contribution in [1.82, 2.24) is 4.57 Å². The quantitative estimate of drug-likeness (QED) is 0.184. The summed E-state index contributed by atoms with van der Waals surface area (Å²) in [5.74, 6) is 0. The highest BCUT2D eigenvalue weighted by molar-refractivity contribution is 6.10. The van der Waals surface area contributed by atoms with E-state index in [-0.39, 0.29) is 0 Å². The molecule has 0 fully saturated rings. The van der Waals surface area contributed by atoms with Gasteiger partial charge in [0.05, 0.1) is 16.4 Å². The van der Waals surface area contributed by atoms with Crippen molar-refractivity contribution < 1.29 is 0 Å². The third kappa shape index (κ3) is 4.50. The van der Waals surface area contributed by atoms with E-state index in [1.807, 2.05) is 0 Å². The van der Waals surface area contributed by atoms with Crippen LogP contribution in [-0.2, 0) is 5.41 Å². The molecule has 242 valence electrons. The van der Waals surface area contributed by atoms with Gasteiger partial charge in [-0.05, 0) is 87.8 Å². The highest BCUT2D eigenvalue weighted by Crippen LogP contribution is 2.59. The number of para-hydroxylation sites is 4. The van der Waals surface area contributed by atoms with Gasteiger partial charge in [0.25, 0.3) is 0 Å². The summed E-state index contributed by atoms with van der Waals surface area (Å²) in [6.07, 6.45) is 9.93. The number of hydrogen-bond acceptors (Lipinski definition) is 1. The largest absolute Gasteiger partial charge is 0.337 e. The highest BCUT2D eigenvalue weighted by Gasteiger charge is 2.47. The van der Waals surface area contributed by atoms with Gasteiger partial charge in [0, 0.05) is 34.4 Å². The molecule has 8 aromatic rings. The van der Waals surface area contributed by atoms with E-state index < -0.39 is 5.41 Å². The average molecular weight is 653 g/mol. The normalized spacial score (nSPS) is 17.6. The molecule has 0 amide bonds. The first-order valence-electron chi connectivity index (χ1n) is 17.9. The molecule has 1 aliphatic heterocycles. The fourth-order valence-electron chi connectivity index (χ4n) is 8.89. The minimum absolute atomic E-state index is 0.422. The third-order valence-electron chi connectivity index (χ3n) is 11.0. The lowest BCUT2D eigenvalue weighted by molar-refractivity contribution is 0.645. The van der Waals surface area contributed by atoms with E-state index in [2.05, 4.69) is 204 Å². The Morgan fingerprint density at radius 3 is 1.96 bits per heavy atom. The minimum Gasteiger partial charge on any atom is -0.337 e. The van der Waals surface area contributed by atoms with Crippen LogP contribution in [-0.4, -0.2) is 11.1 Å². The van der Waals surface area contributed by atoms with E-state index in [0.717, 1.165) is 13.0 Å². The maximum Gasteiger partial charge on any atom is 0.0547 e. The Kier molecular flexibility index (Phi) is 6.89. The summed E-state index contributed by atoms with van der Waals surface area (Å²) in [6, 6.07) is 62.6. The molecule has 0 bridgehead atoms. The van der Waals surface area contributed by atoms with Crippen LogP contribution < -0.4 is 4.90 Å². The van der Waals surface area contributed by atoms with Gasteiger partial charge in [-0.2, -0.15) is 0 Å². The lowest BCUT2D eigenvalue weighted by Crippen LogP contribution is -2.31. The molecule has 7 aromatic carbocycles. The first-order chi connectivity index (χ1) is 25.3. The lowest BCUT2D eigenvalue weighted by Gasteiger charge is -2.38. The van der Waals surface area contributed by atoms with E-state index >= 15 is 0 Å². The smallest absolute Gasteiger partial charge is 0.0547 e. The van der Waals surface area contributed by atoms with Crippen LogP contribution in [0.3, 0.4) is 0 Å². The van der Waals surface area contributed by atoms with Crippen molar-refractivity contribution in [2.24, 2.45) is 0 Å². The van der Waals surface area contributed by atoms with Gasteiger partial charge in [-0.1, -0.05) is 152 Å². The third-order valence-corrected chi connectivity index (χ3v) is 11.0. The Bertz CT molecular complexity index is 2640. The van der Waals surface area contributed by atoms with Crippen LogP contribution in [0.25, 0.3) is 49.7 Å². The van der Waals surface area contributed by atoms with Gasteiger partial charge in [-0.25, -0.2) is 0 Å². The van der Waals surface area contributed by atoms with E-state index in [0.29, 0.717) is 0 Å². The van der Waals surface area contributed by atoms with Crippen molar-refractivity contribution in [2.75, 3.05) is 11.4 Å². The fraction of sp³-hybridized carbons (Fsp3) is 0.0612. The second-order valence-electron chi connectivity index (χ2n) is 13.6. The molecule has 2 aliphatic rings. The minimum atomic E-state index is -0.422. The van der Waals surface area contributed by atoms with Crippen LogP contribution in [0.4, 0.5) is 11.4 Å². The van der Waals surface area contributed by atoms with E-state index in [4.69, 9.17) is 0 Å². The van der Waals surface area contributed by atoms with Crippen molar-refractivity contribution in [2.45, 2.75) is 11.8 Å². The van der Waals surface area contributed by atoms with Gasteiger partial charge in [-0.15, -0.1) is 0 Å². The molecule has 0 saturated heterocycles. The Morgan fingerprint density at radius 1 is 0.451 bits per heavy atom. The lowest BCUT2D eigenvalue weighted by atomic mass is 9.67. The molecule has 51 heavy (non-hydrogen) atoms. The zero-order valence-corrected chi connectivity index (χ0v) is 28.3. The van der Waals surface area contributed by atoms with E-state index in [1.54, 1.807) is 0 Å². The summed E-state index contributed by atoms with van der Waals surface area (Å²) in [5, 5.41) is 2.53. The molecule has 2 heteroatoms. The molecule has 1 aliphatic carbocycles. The molecule has 1 unspecified atom stereocenters. The molecular formula is C49H36N2. The second-order valence-corrected chi connectivity index (χ2v) is 13.6. The topological polar surface area (TPSA) is 8.17 Å². The zero-order valence-electron chi connectivity index (χ0n) is 28.3. The number of anilines is 2. The van der Waals surface area contributed by atoms with Crippen molar-refractivity contribution in [1.29, 1.82) is 0 Å². The maximum atomic E-state index is 2.47. The van der Waals surface area contributed by atoms with Gasteiger partial charge in [-0.3, -0.25) is 0 Å². The number of hydrogen-bond donors (Lipinski definition) is 0. The van der Waals surface area contributed by atoms with Gasteiger partial charge < -0.3 is 9.47 Å². The summed E-state index contributed by atoms with van der Waals surface area (Å²) < 4.78 is 2.42. The maximum absolute atomic E-state index is 2.47. The van der Waals surface area contributed by atoms with Gasteiger partial charge in [0.1, 0.15) is 0 Å². The molecule has 10 rings (SSSR count). The number of rotatable bonds is 3. The Balaban J connectivity index is 1.28. The van der Waals surface area contributed by atoms with Crippen molar-refractivity contribution in [3.05, 3.63) is 211 Å². The Hall–Kier alpha value is -6.38. The van der Waals surface area contributed by atoms with Crippen LogP contribution in [0.1, 0.15) is 23.1 Å². The van der Waals surface area contributed by atoms with Crippen LogP contribution in [0, 0.1) is 0 Å². The molecule has 0 N–H and O–H groups in total. The zero-order chi connectivity index (χ0) is 33.8. The number of benzene rings is 7. The summed E-state index contributed by atoms with van der Waals surface area (Å²) in [7, 11) is 0. The molecule has 2 nitrogen and oxygen atoms in total. The Morgan fingerprint density at radius 2 is 1.10 bits per heavy atom. The molecule has 1 atom stereocenters. The monoisotopic (exact) mass is 652 g/mol. The summed E-state index contributed by atoms with van der Waals surface area (Å²) in [4.78, 5) is 2.47. The Labute approximate surface area is 298 Å². The number of fused-ring (bicyclic) bond motifs is 10.